The first-order valence-electron chi connectivity index (χ1n) is 12.0. The number of carboxylic acid groups (broad SMARTS) is 1. The number of piperidine rings is 1. The van der Waals surface area contributed by atoms with E-state index >= 15 is 0 Å². The highest BCUT2D eigenvalue weighted by Gasteiger charge is 2.32. The van der Waals surface area contributed by atoms with Gasteiger partial charge in [-0.2, -0.15) is 0 Å². The van der Waals surface area contributed by atoms with Crippen molar-refractivity contribution < 1.29 is 14.6 Å². The lowest BCUT2D eigenvalue weighted by molar-refractivity contribution is 0.0696. The number of benzene rings is 2. The van der Waals surface area contributed by atoms with Crippen LogP contribution in [0, 0.1) is 6.92 Å². The van der Waals surface area contributed by atoms with Crippen molar-refractivity contribution in [2.45, 2.75) is 63.7 Å². The fourth-order valence-electron chi connectivity index (χ4n) is 5.44. The highest BCUT2D eigenvalue weighted by atomic mass is 16.5. The number of carbonyl (C=O) groups is 1. The monoisotopic (exact) mass is 447 g/mol. The summed E-state index contributed by atoms with van der Waals surface area (Å²) >= 11 is 0. The third-order valence-corrected chi connectivity index (χ3v) is 7.52. The molecule has 3 aromatic rings. The third kappa shape index (κ3) is 4.37. The number of rotatable bonds is 7. The molecule has 1 aromatic heterocycles. The van der Waals surface area contributed by atoms with Crippen LogP contribution in [0.5, 0.6) is 5.75 Å². The number of aryl methyl sites for hydroxylation is 1. The molecular weight excluding hydrogens is 414 g/mol. The number of aromatic carboxylic acids is 1. The summed E-state index contributed by atoms with van der Waals surface area (Å²) < 4.78 is 5.81. The van der Waals surface area contributed by atoms with Gasteiger partial charge < -0.3 is 20.1 Å². The zero-order valence-corrected chi connectivity index (χ0v) is 19.4. The Bertz CT molecular complexity index is 1130. The number of likely N-dealkylation sites (tertiary alicyclic amines) is 1. The number of aromatic nitrogens is 1. The van der Waals surface area contributed by atoms with Gasteiger partial charge in [0.1, 0.15) is 5.75 Å². The molecule has 0 radical (unpaired) electrons. The Hall–Kier alpha value is -2.83. The average Bonchev–Trinajstić information content (AvgIpc) is 3.29. The summed E-state index contributed by atoms with van der Waals surface area (Å²) in [6, 6.07) is 13.1. The minimum absolute atomic E-state index is 0.221. The molecular formula is C27H33N3O3. The van der Waals surface area contributed by atoms with Crippen LogP contribution in [0.4, 0.5) is 0 Å². The lowest BCUT2D eigenvalue weighted by atomic mass is 9.87. The number of nitrogens with one attached hydrogen (secondary N) is 2. The van der Waals surface area contributed by atoms with Crippen molar-refractivity contribution >= 4 is 16.9 Å². The Morgan fingerprint density at radius 1 is 1.18 bits per heavy atom. The molecule has 3 N–H and O–H groups in total. The Balaban J connectivity index is 1.46. The second-order valence-corrected chi connectivity index (χ2v) is 9.57. The van der Waals surface area contributed by atoms with Gasteiger partial charge in [-0.05, 0) is 68.0 Å². The number of methoxy groups -OCH3 is 1. The zero-order valence-electron chi connectivity index (χ0n) is 19.4. The fraction of sp³-hybridized carbons (Fsp3) is 0.444. The van der Waals surface area contributed by atoms with E-state index in [1.165, 1.54) is 41.3 Å². The van der Waals surface area contributed by atoms with Gasteiger partial charge in [-0.1, -0.05) is 18.6 Å². The molecule has 1 aliphatic carbocycles. The number of H-pyrrole nitrogens is 1. The Morgan fingerprint density at radius 2 is 1.97 bits per heavy atom. The summed E-state index contributed by atoms with van der Waals surface area (Å²) in [6.45, 7) is 3.88. The summed E-state index contributed by atoms with van der Waals surface area (Å²) in [5.41, 5.74) is 5.06. The molecule has 2 fully saturated rings. The highest BCUT2D eigenvalue weighted by Crippen LogP contribution is 2.37. The van der Waals surface area contributed by atoms with Gasteiger partial charge in [0.15, 0.2) is 0 Å². The van der Waals surface area contributed by atoms with Gasteiger partial charge in [-0.3, -0.25) is 4.90 Å². The molecule has 2 heterocycles. The summed E-state index contributed by atoms with van der Waals surface area (Å²) in [4.78, 5) is 17.3. The van der Waals surface area contributed by atoms with Crippen LogP contribution >= 0.6 is 0 Å². The van der Waals surface area contributed by atoms with Gasteiger partial charge in [-0.25, -0.2) is 4.79 Å². The first-order chi connectivity index (χ1) is 16.0. The van der Waals surface area contributed by atoms with Crippen molar-refractivity contribution in [3.8, 4) is 5.75 Å². The van der Waals surface area contributed by atoms with Crippen LogP contribution in [0.15, 0.2) is 42.6 Å². The van der Waals surface area contributed by atoms with E-state index in [4.69, 9.17) is 4.74 Å². The summed E-state index contributed by atoms with van der Waals surface area (Å²) in [5, 5.41) is 14.4. The van der Waals surface area contributed by atoms with Gasteiger partial charge in [0.25, 0.3) is 0 Å². The predicted molar refractivity (Wildman–Crippen MR) is 130 cm³/mol. The second kappa shape index (κ2) is 9.20. The SMILES string of the molecule is COc1cc(C)c2[nH]ccc2c1CN1CCC(NC2CCC2)CC1c1ccc(C(=O)O)cc1. The quantitative estimate of drug-likeness (QED) is 0.473. The molecule has 0 amide bonds. The molecule has 6 nitrogen and oxygen atoms in total. The minimum Gasteiger partial charge on any atom is -0.496 e. The normalized spacial score (nSPS) is 21.8. The van der Waals surface area contributed by atoms with Crippen LogP contribution in [0.2, 0.25) is 0 Å². The topological polar surface area (TPSA) is 77.6 Å². The van der Waals surface area contributed by atoms with E-state index in [0.717, 1.165) is 37.2 Å². The minimum atomic E-state index is -0.884. The van der Waals surface area contributed by atoms with Crippen molar-refractivity contribution in [3.05, 3.63) is 64.8 Å². The summed E-state index contributed by atoms with van der Waals surface area (Å²) in [7, 11) is 1.74. The fourth-order valence-corrected chi connectivity index (χ4v) is 5.44. The van der Waals surface area contributed by atoms with E-state index in [-0.39, 0.29) is 6.04 Å². The Labute approximate surface area is 194 Å². The summed E-state index contributed by atoms with van der Waals surface area (Å²) in [5.74, 6) is 0.0418. The van der Waals surface area contributed by atoms with Crippen molar-refractivity contribution in [1.29, 1.82) is 0 Å². The maximum atomic E-state index is 11.4. The molecule has 5 rings (SSSR count). The van der Waals surface area contributed by atoms with Gasteiger partial charge in [0.05, 0.1) is 12.7 Å². The highest BCUT2D eigenvalue weighted by molar-refractivity contribution is 5.88. The lowest BCUT2D eigenvalue weighted by Crippen LogP contribution is -2.49. The van der Waals surface area contributed by atoms with Gasteiger partial charge >= 0.3 is 5.97 Å². The first kappa shape index (κ1) is 22.0. The maximum Gasteiger partial charge on any atom is 0.335 e. The number of ether oxygens (including phenoxy) is 1. The third-order valence-electron chi connectivity index (χ3n) is 7.52. The van der Waals surface area contributed by atoms with Crippen LogP contribution in [0.1, 0.15) is 65.2 Å². The number of hydrogen-bond acceptors (Lipinski definition) is 4. The van der Waals surface area contributed by atoms with Crippen LogP contribution < -0.4 is 10.1 Å². The number of aromatic amines is 1. The molecule has 2 atom stereocenters. The number of hydrogen-bond donors (Lipinski definition) is 3. The largest absolute Gasteiger partial charge is 0.496 e. The van der Waals surface area contributed by atoms with Crippen LogP contribution in [0.25, 0.3) is 10.9 Å². The standard InChI is InChI=1S/C27H33N3O3/c1-17-14-25(33-2)23(22-10-12-28-26(17)22)16-30-13-11-21(29-20-4-3-5-20)15-24(30)18-6-8-19(9-7-18)27(31)32/h6-10,12,14,20-21,24,28-29H,3-5,11,13,15-16H2,1-2H3,(H,31,32). The molecule has 0 bridgehead atoms. The number of carboxylic acids is 1. The van der Waals surface area contributed by atoms with E-state index in [1.807, 2.05) is 18.3 Å². The molecule has 1 aliphatic heterocycles. The molecule has 1 saturated carbocycles. The van der Waals surface area contributed by atoms with Crippen molar-refractivity contribution in [1.82, 2.24) is 15.2 Å². The lowest BCUT2D eigenvalue weighted by Gasteiger charge is -2.42. The second-order valence-electron chi connectivity index (χ2n) is 9.57. The van der Waals surface area contributed by atoms with Gasteiger partial charge in [-0.15, -0.1) is 0 Å². The van der Waals surface area contributed by atoms with E-state index in [2.05, 4.69) is 34.3 Å². The molecule has 0 spiro atoms. The molecule has 2 aromatic carbocycles. The first-order valence-corrected chi connectivity index (χ1v) is 12.0. The number of nitrogens with zero attached hydrogens (tertiary/aromatic N) is 1. The average molecular weight is 448 g/mol. The van der Waals surface area contributed by atoms with Crippen LogP contribution in [-0.4, -0.2) is 46.7 Å². The van der Waals surface area contributed by atoms with E-state index < -0.39 is 5.97 Å². The molecule has 1 saturated heterocycles. The predicted octanol–water partition coefficient (Wildman–Crippen LogP) is 5.03. The van der Waals surface area contributed by atoms with Gasteiger partial charge in [0.2, 0.25) is 0 Å². The van der Waals surface area contributed by atoms with Crippen LogP contribution in [0.3, 0.4) is 0 Å². The zero-order chi connectivity index (χ0) is 22.9. The van der Waals surface area contributed by atoms with Crippen molar-refractivity contribution in [3.63, 3.8) is 0 Å². The Morgan fingerprint density at radius 3 is 2.64 bits per heavy atom. The Kier molecular flexibility index (Phi) is 6.13. The van der Waals surface area contributed by atoms with Crippen molar-refractivity contribution in [2.75, 3.05) is 13.7 Å². The molecule has 6 heteroatoms. The number of fused-ring (bicyclic) bond motifs is 1. The van der Waals surface area contributed by atoms with Crippen LogP contribution in [-0.2, 0) is 6.54 Å². The smallest absolute Gasteiger partial charge is 0.335 e. The maximum absolute atomic E-state index is 11.4. The van der Waals surface area contributed by atoms with E-state index in [9.17, 15) is 9.90 Å². The van der Waals surface area contributed by atoms with E-state index in [0.29, 0.717) is 17.6 Å². The van der Waals surface area contributed by atoms with E-state index in [1.54, 1.807) is 19.2 Å². The molecule has 33 heavy (non-hydrogen) atoms. The molecule has 2 unspecified atom stereocenters. The molecule has 2 aliphatic rings. The molecule has 174 valence electrons. The van der Waals surface area contributed by atoms with Gasteiger partial charge in [0, 0.05) is 53.9 Å². The van der Waals surface area contributed by atoms with Crippen molar-refractivity contribution in [2.24, 2.45) is 0 Å². The summed E-state index contributed by atoms with van der Waals surface area (Å²) in [6.07, 6.45) is 8.03.